The molecule has 12 heteroatoms. The number of aromatic nitrogens is 1. The topological polar surface area (TPSA) is 150 Å². The van der Waals surface area contributed by atoms with E-state index in [1.807, 2.05) is 44.2 Å². The van der Waals surface area contributed by atoms with E-state index in [0.717, 1.165) is 24.8 Å². The lowest BCUT2D eigenvalue weighted by Gasteiger charge is -2.31. The zero-order valence-corrected chi connectivity index (χ0v) is 27.0. The van der Waals surface area contributed by atoms with Gasteiger partial charge < -0.3 is 26.2 Å². The Labute approximate surface area is 264 Å². The molecule has 11 nitrogen and oxygen atoms in total. The van der Waals surface area contributed by atoms with Crippen LogP contribution in [0.15, 0.2) is 41.9 Å². The number of amides is 5. The average molecular weight is 627 g/mol. The van der Waals surface area contributed by atoms with Gasteiger partial charge in [-0.15, -0.1) is 11.3 Å². The molecule has 1 fully saturated rings. The third-order valence-electron chi connectivity index (χ3n) is 7.53. The van der Waals surface area contributed by atoms with Crippen LogP contribution in [-0.4, -0.2) is 70.1 Å². The Morgan fingerprint density at radius 3 is 2.36 bits per heavy atom. The summed E-state index contributed by atoms with van der Waals surface area (Å²) in [6, 6.07) is 6.07. The van der Waals surface area contributed by atoms with Gasteiger partial charge in [0.2, 0.25) is 29.5 Å². The van der Waals surface area contributed by atoms with Gasteiger partial charge in [0.1, 0.15) is 24.2 Å². The van der Waals surface area contributed by atoms with Gasteiger partial charge in [-0.25, -0.2) is 4.98 Å². The zero-order valence-electron chi connectivity index (χ0n) is 26.1. The molecule has 4 atom stereocenters. The van der Waals surface area contributed by atoms with Crippen molar-refractivity contribution in [3.05, 3.63) is 47.5 Å². The van der Waals surface area contributed by atoms with Crippen LogP contribution in [0.3, 0.4) is 0 Å². The number of nitrogens with one attached hydrogen (secondary N) is 4. The van der Waals surface area contributed by atoms with Gasteiger partial charge in [-0.3, -0.25) is 24.0 Å². The third-order valence-corrected chi connectivity index (χ3v) is 8.22. The second-order valence-electron chi connectivity index (χ2n) is 11.7. The molecule has 0 spiro atoms. The number of hydrogen-bond donors (Lipinski definition) is 4. The molecular weight excluding hydrogens is 580 g/mol. The maximum atomic E-state index is 13.9. The summed E-state index contributed by atoms with van der Waals surface area (Å²) in [7, 11) is 0. The van der Waals surface area contributed by atoms with Crippen molar-refractivity contribution in [2.24, 2.45) is 5.92 Å². The zero-order chi connectivity index (χ0) is 32.1. The minimum absolute atomic E-state index is 0.0740. The van der Waals surface area contributed by atoms with Crippen molar-refractivity contribution in [1.82, 2.24) is 25.8 Å². The maximum Gasteiger partial charge on any atom is 0.248 e. The number of hydrogen-bond acceptors (Lipinski definition) is 7. The van der Waals surface area contributed by atoms with E-state index < -0.39 is 30.1 Å². The molecule has 1 aromatic heterocycles. The van der Waals surface area contributed by atoms with Gasteiger partial charge in [0.15, 0.2) is 5.13 Å². The predicted molar refractivity (Wildman–Crippen MR) is 171 cm³/mol. The lowest BCUT2D eigenvalue weighted by atomic mass is 10.00. The van der Waals surface area contributed by atoms with Crippen molar-refractivity contribution in [1.29, 1.82) is 0 Å². The number of anilines is 1. The molecule has 0 aliphatic carbocycles. The number of carbonyl (C=O) groups excluding carboxylic acids is 5. The normalized spacial score (nSPS) is 16.6. The first-order valence-corrected chi connectivity index (χ1v) is 16.4. The van der Waals surface area contributed by atoms with Crippen molar-refractivity contribution in [2.75, 3.05) is 11.9 Å². The fourth-order valence-corrected chi connectivity index (χ4v) is 5.92. The highest BCUT2D eigenvalue weighted by atomic mass is 32.1. The van der Waals surface area contributed by atoms with E-state index in [1.54, 1.807) is 11.6 Å². The summed E-state index contributed by atoms with van der Waals surface area (Å²) in [5.41, 5.74) is 0.872. The summed E-state index contributed by atoms with van der Waals surface area (Å²) < 4.78 is 0. The third kappa shape index (κ3) is 10.7. The molecule has 2 aromatic rings. The highest BCUT2D eigenvalue weighted by molar-refractivity contribution is 7.13. The molecule has 4 N–H and O–H groups in total. The van der Waals surface area contributed by atoms with Crippen molar-refractivity contribution < 1.29 is 24.0 Å². The largest absolute Gasteiger partial charge is 0.344 e. The van der Waals surface area contributed by atoms with Crippen LogP contribution in [0.4, 0.5) is 5.13 Å². The molecule has 2 heterocycles. The van der Waals surface area contributed by atoms with Crippen LogP contribution in [0.25, 0.3) is 0 Å². The van der Waals surface area contributed by atoms with Crippen molar-refractivity contribution in [3.63, 3.8) is 0 Å². The molecule has 5 amide bonds. The second-order valence-corrected chi connectivity index (χ2v) is 12.6. The fraction of sp³-hybridized carbons (Fsp3) is 0.562. The first-order chi connectivity index (χ1) is 21.1. The number of carbonyl (C=O) groups is 5. The number of unbranched alkanes of at least 4 members (excludes halogenated alkanes) is 2. The van der Waals surface area contributed by atoms with Gasteiger partial charge >= 0.3 is 0 Å². The second kappa shape index (κ2) is 17.5. The Morgan fingerprint density at radius 1 is 0.977 bits per heavy atom. The van der Waals surface area contributed by atoms with E-state index in [4.69, 9.17) is 0 Å². The van der Waals surface area contributed by atoms with E-state index >= 15 is 0 Å². The van der Waals surface area contributed by atoms with Gasteiger partial charge in [-0.05, 0) is 37.2 Å². The van der Waals surface area contributed by atoms with Crippen LogP contribution in [0.5, 0.6) is 0 Å². The summed E-state index contributed by atoms with van der Waals surface area (Å²) in [5.74, 6) is -1.81. The molecule has 1 aromatic carbocycles. The Morgan fingerprint density at radius 2 is 1.73 bits per heavy atom. The SMILES string of the molecule is CCCCC[C@H](NC(=O)[C@@H]1CCCN1C(=O)[C@H](CC(C)C)NC(=O)[C@H](Cc1ccccc1)NC(C)=O)C(=O)Nc1nccs1. The summed E-state index contributed by atoms with van der Waals surface area (Å²) in [6.07, 6.45) is 6.44. The molecule has 0 radical (unpaired) electrons. The first kappa shape index (κ1) is 34.7. The number of likely N-dealkylation sites (tertiary alicyclic amines) is 1. The summed E-state index contributed by atoms with van der Waals surface area (Å²) >= 11 is 1.30. The minimum Gasteiger partial charge on any atom is -0.344 e. The molecule has 1 aliphatic heterocycles. The number of benzene rings is 1. The highest BCUT2D eigenvalue weighted by Crippen LogP contribution is 2.22. The Kier molecular flexibility index (Phi) is 13.8. The van der Waals surface area contributed by atoms with Gasteiger partial charge in [0.25, 0.3) is 0 Å². The average Bonchev–Trinajstić information content (AvgIpc) is 3.68. The number of nitrogens with zero attached hydrogens (tertiary/aromatic N) is 2. The number of rotatable bonds is 16. The molecule has 0 bridgehead atoms. The van der Waals surface area contributed by atoms with Crippen LogP contribution in [-0.2, 0) is 30.4 Å². The molecule has 3 rings (SSSR count). The van der Waals surface area contributed by atoms with Crippen LogP contribution in [0, 0.1) is 5.92 Å². The monoisotopic (exact) mass is 626 g/mol. The highest BCUT2D eigenvalue weighted by Gasteiger charge is 2.39. The van der Waals surface area contributed by atoms with Crippen LogP contribution < -0.4 is 21.3 Å². The smallest absolute Gasteiger partial charge is 0.248 e. The van der Waals surface area contributed by atoms with E-state index in [2.05, 4.69) is 33.2 Å². The summed E-state index contributed by atoms with van der Waals surface area (Å²) in [5, 5.41) is 13.5. The first-order valence-electron chi connectivity index (χ1n) is 15.5. The van der Waals surface area contributed by atoms with Crippen LogP contribution in [0.2, 0.25) is 0 Å². The van der Waals surface area contributed by atoms with Gasteiger partial charge in [-0.2, -0.15) is 0 Å². The lowest BCUT2D eigenvalue weighted by molar-refractivity contribution is -0.142. The van der Waals surface area contributed by atoms with E-state index in [9.17, 15) is 24.0 Å². The number of thiazole rings is 1. The van der Waals surface area contributed by atoms with Gasteiger partial charge in [0.05, 0.1) is 0 Å². The standard InChI is InChI=1S/C32H46N6O5S/c1-5-6-8-14-24(28(40)37-32-33-16-18-44-32)35-30(42)27-15-11-17-38(27)31(43)26(19-21(2)3)36-29(41)25(34-22(4)39)20-23-12-9-7-10-13-23/h7,9-10,12-13,16,18,21,24-27H,5-6,8,11,14-15,17,19-20H2,1-4H3,(H,34,39)(H,35,42)(H,36,41)(H,33,37,40)/t24-,25-,26-,27-/m0/s1. The van der Waals surface area contributed by atoms with Crippen molar-refractivity contribution >= 4 is 46.0 Å². The molecule has 1 saturated heterocycles. The van der Waals surface area contributed by atoms with Crippen molar-refractivity contribution in [3.8, 4) is 0 Å². The summed E-state index contributed by atoms with van der Waals surface area (Å²) in [6.45, 7) is 7.70. The summed E-state index contributed by atoms with van der Waals surface area (Å²) in [4.78, 5) is 71.6. The fourth-order valence-electron chi connectivity index (χ4n) is 5.39. The molecule has 240 valence electrons. The predicted octanol–water partition coefficient (Wildman–Crippen LogP) is 3.42. The lowest BCUT2D eigenvalue weighted by Crippen LogP contribution is -2.58. The Balaban J connectivity index is 1.73. The molecule has 0 unspecified atom stereocenters. The minimum atomic E-state index is -0.878. The van der Waals surface area contributed by atoms with Crippen molar-refractivity contribution in [2.45, 2.75) is 103 Å². The van der Waals surface area contributed by atoms with Crippen LogP contribution >= 0.6 is 11.3 Å². The molecular formula is C32H46N6O5S. The van der Waals surface area contributed by atoms with E-state index in [0.29, 0.717) is 37.4 Å². The van der Waals surface area contributed by atoms with E-state index in [-0.39, 0.29) is 36.0 Å². The van der Waals surface area contributed by atoms with Crippen LogP contribution in [0.1, 0.15) is 78.2 Å². The molecule has 0 saturated carbocycles. The van der Waals surface area contributed by atoms with Gasteiger partial charge in [0, 0.05) is 31.5 Å². The van der Waals surface area contributed by atoms with E-state index in [1.165, 1.54) is 23.2 Å². The Bertz CT molecular complexity index is 1240. The molecule has 1 aliphatic rings. The molecule has 44 heavy (non-hydrogen) atoms. The van der Waals surface area contributed by atoms with Gasteiger partial charge in [-0.1, -0.05) is 70.4 Å². The maximum absolute atomic E-state index is 13.9. The quantitative estimate of drug-likeness (QED) is 0.210. The Hall–Kier alpha value is -3.80.